The summed E-state index contributed by atoms with van der Waals surface area (Å²) in [6.45, 7) is 2.67. The fraction of sp³-hybridized carbons (Fsp3) is 0.600. The highest BCUT2D eigenvalue weighted by Gasteiger charge is 2.44. The predicted molar refractivity (Wildman–Crippen MR) is 97.6 cm³/mol. The van der Waals surface area contributed by atoms with Gasteiger partial charge in [0, 0.05) is 17.6 Å². The second-order valence-electron chi connectivity index (χ2n) is 7.30. The van der Waals surface area contributed by atoms with Crippen LogP contribution in [0.4, 0.5) is 0 Å². The number of likely N-dealkylation sites (tertiary alicyclic amines) is 1. The summed E-state index contributed by atoms with van der Waals surface area (Å²) < 4.78 is 5.51. The van der Waals surface area contributed by atoms with Crippen molar-refractivity contribution >= 4 is 23.5 Å². The summed E-state index contributed by atoms with van der Waals surface area (Å²) in [7, 11) is 0. The van der Waals surface area contributed by atoms with E-state index >= 15 is 0 Å². The number of halogens is 1. The van der Waals surface area contributed by atoms with Crippen molar-refractivity contribution in [1.29, 1.82) is 0 Å². The Hall–Kier alpha value is -1.55. The lowest BCUT2D eigenvalue weighted by atomic mass is 9.79. The van der Waals surface area contributed by atoms with Crippen LogP contribution in [-0.2, 0) is 19.7 Å². The molecule has 0 aromatic heterocycles. The molecule has 0 bridgehead atoms. The van der Waals surface area contributed by atoms with Gasteiger partial charge in [0.05, 0.1) is 5.41 Å². The molecule has 1 aromatic rings. The molecule has 4 nitrogen and oxygen atoms in total. The van der Waals surface area contributed by atoms with E-state index < -0.39 is 5.41 Å². The molecule has 136 valence electrons. The van der Waals surface area contributed by atoms with E-state index in [0.29, 0.717) is 5.02 Å². The van der Waals surface area contributed by atoms with Crippen LogP contribution in [0.1, 0.15) is 57.4 Å². The maximum absolute atomic E-state index is 12.9. The Labute approximate surface area is 154 Å². The van der Waals surface area contributed by atoms with E-state index in [1.807, 2.05) is 29.2 Å². The summed E-state index contributed by atoms with van der Waals surface area (Å²) in [4.78, 5) is 27.2. The lowest BCUT2D eigenvalue weighted by Gasteiger charge is -2.34. The Kier molecular flexibility index (Phi) is 5.67. The number of carbonyl (C=O) groups excluding carboxylic acids is 2. The maximum Gasteiger partial charge on any atom is 0.317 e. The highest BCUT2D eigenvalue weighted by atomic mass is 35.5. The van der Waals surface area contributed by atoms with E-state index in [9.17, 15) is 9.59 Å². The zero-order valence-corrected chi connectivity index (χ0v) is 15.6. The Morgan fingerprint density at radius 2 is 1.84 bits per heavy atom. The molecule has 5 heteroatoms. The molecule has 1 aliphatic carbocycles. The van der Waals surface area contributed by atoms with Crippen LogP contribution in [0.3, 0.4) is 0 Å². The first-order valence-corrected chi connectivity index (χ1v) is 9.63. The average molecular weight is 364 g/mol. The molecule has 1 unspecified atom stereocenters. The first-order valence-electron chi connectivity index (χ1n) is 9.26. The van der Waals surface area contributed by atoms with Crippen LogP contribution in [0.5, 0.6) is 0 Å². The standard InChI is InChI=1S/C20H26ClNO3/c1-15-6-2-5-13-22(15)18(23)14-25-19(24)20(11-3-4-12-20)16-7-9-17(21)10-8-16/h7-10,15H,2-6,11-14H2,1H3. The zero-order valence-electron chi connectivity index (χ0n) is 14.8. The van der Waals surface area contributed by atoms with Crippen LogP contribution in [0.15, 0.2) is 24.3 Å². The number of rotatable bonds is 4. The number of hydrogen-bond donors (Lipinski definition) is 0. The van der Waals surface area contributed by atoms with Gasteiger partial charge in [0.15, 0.2) is 6.61 Å². The van der Waals surface area contributed by atoms with E-state index in [-0.39, 0.29) is 24.5 Å². The van der Waals surface area contributed by atoms with Gasteiger partial charge in [-0.1, -0.05) is 36.6 Å². The molecule has 1 aliphatic heterocycles. The van der Waals surface area contributed by atoms with E-state index in [0.717, 1.165) is 57.1 Å². The van der Waals surface area contributed by atoms with Crippen molar-refractivity contribution in [2.24, 2.45) is 0 Å². The first-order chi connectivity index (χ1) is 12.0. The van der Waals surface area contributed by atoms with Gasteiger partial charge >= 0.3 is 5.97 Å². The molecule has 25 heavy (non-hydrogen) atoms. The number of carbonyl (C=O) groups is 2. The van der Waals surface area contributed by atoms with Gasteiger partial charge in [-0.25, -0.2) is 0 Å². The molecule has 1 amide bonds. The smallest absolute Gasteiger partial charge is 0.317 e. The molecule has 3 rings (SSSR count). The number of nitrogens with zero attached hydrogens (tertiary/aromatic N) is 1. The summed E-state index contributed by atoms with van der Waals surface area (Å²) in [6, 6.07) is 7.67. The molecule has 2 aliphatic rings. The fourth-order valence-corrected chi connectivity index (χ4v) is 4.30. The van der Waals surface area contributed by atoms with Crippen molar-refractivity contribution in [3.05, 3.63) is 34.9 Å². The summed E-state index contributed by atoms with van der Waals surface area (Å²) >= 11 is 5.98. The minimum Gasteiger partial charge on any atom is -0.455 e. The highest BCUT2D eigenvalue weighted by Crippen LogP contribution is 2.42. The van der Waals surface area contributed by atoms with Crippen LogP contribution in [0.25, 0.3) is 0 Å². The number of esters is 1. The molecule has 0 spiro atoms. The van der Waals surface area contributed by atoms with Crippen LogP contribution < -0.4 is 0 Å². The van der Waals surface area contributed by atoms with Gasteiger partial charge in [-0.2, -0.15) is 0 Å². The number of hydrogen-bond acceptors (Lipinski definition) is 3. The summed E-state index contributed by atoms with van der Waals surface area (Å²) in [5.41, 5.74) is 0.316. The van der Waals surface area contributed by atoms with Crippen LogP contribution in [-0.4, -0.2) is 36.0 Å². The SMILES string of the molecule is CC1CCCCN1C(=O)COC(=O)C1(c2ccc(Cl)cc2)CCCC1. The fourth-order valence-electron chi connectivity index (χ4n) is 4.18. The number of benzene rings is 1. The number of piperidine rings is 1. The van der Waals surface area contributed by atoms with Crippen molar-refractivity contribution in [1.82, 2.24) is 4.90 Å². The van der Waals surface area contributed by atoms with Crippen LogP contribution in [0.2, 0.25) is 5.02 Å². The molecule has 2 fully saturated rings. The third-order valence-electron chi connectivity index (χ3n) is 5.69. The summed E-state index contributed by atoms with van der Waals surface area (Å²) in [5, 5.41) is 0.652. The van der Waals surface area contributed by atoms with Crippen molar-refractivity contribution < 1.29 is 14.3 Å². The average Bonchev–Trinajstić information content (AvgIpc) is 3.11. The third-order valence-corrected chi connectivity index (χ3v) is 5.95. The van der Waals surface area contributed by atoms with Crippen molar-refractivity contribution in [3.63, 3.8) is 0 Å². The van der Waals surface area contributed by atoms with Gasteiger partial charge in [0.1, 0.15) is 0 Å². The molecule has 1 aromatic carbocycles. The minimum absolute atomic E-state index is 0.0789. The molecular formula is C20H26ClNO3. The van der Waals surface area contributed by atoms with Crippen LogP contribution in [0, 0.1) is 0 Å². The van der Waals surface area contributed by atoms with Gasteiger partial charge in [0.25, 0.3) is 5.91 Å². The van der Waals surface area contributed by atoms with Gasteiger partial charge < -0.3 is 9.64 Å². The Morgan fingerprint density at radius 3 is 2.48 bits per heavy atom. The van der Waals surface area contributed by atoms with Crippen LogP contribution >= 0.6 is 11.6 Å². The molecule has 1 atom stereocenters. The van der Waals surface area contributed by atoms with E-state index in [4.69, 9.17) is 16.3 Å². The van der Waals surface area contributed by atoms with Crippen molar-refractivity contribution in [2.45, 2.75) is 63.3 Å². The predicted octanol–water partition coefficient (Wildman–Crippen LogP) is 4.10. The Bertz CT molecular complexity index is 622. The molecule has 1 heterocycles. The summed E-state index contributed by atoms with van der Waals surface area (Å²) in [5.74, 6) is -0.352. The highest BCUT2D eigenvalue weighted by molar-refractivity contribution is 6.30. The van der Waals surface area contributed by atoms with Gasteiger partial charge in [-0.05, 0) is 56.7 Å². The topological polar surface area (TPSA) is 46.6 Å². The van der Waals surface area contributed by atoms with Gasteiger partial charge in [0.2, 0.25) is 0 Å². The Morgan fingerprint density at radius 1 is 1.16 bits per heavy atom. The largest absolute Gasteiger partial charge is 0.455 e. The number of amides is 1. The quantitative estimate of drug-likeness (QED) is 0.757. The lowest BCUT2D eigenvalue weighted by Crippen LogP contribution is -2.45. The third kappa shape index (κ3) is 3.84. The van der Waals surface area contributed by atoms with E-state index in [2.05, 4.69) is 6.92 Å². The molecular weight excluding hydrogens is 338 g/mol. The minimum atomic E-state index is -0.627. The number of ether oxygens (including phenoxy) is 1. The molecule has 1 saturated carbocycles. The molecule has 0 radical (unpaired) electrons. The monoisotopic (exact) mass is 363 g/mol. The second-order valence-corrected chi connectivity index (χ2v) is 7.74. The lowest BCUT2D eigenvalue weighted by molar-refractivity contribution is -0.158. The zero-order chi connectivity index (χ0) is 17.9. The molecule has 0 N–H and O–H groups in total. The first kappa shape index (κ1) is 18.2. The normalized spacial score (nSPS) is 22.6. The van der Waals surface area contributed by atoms with E-state index in [1.165, 1.54) is 0 Å². The second kappa shape index (κ2) is 7.77. The van der Waals surface area contributed by atoms with Gasteiger partial charge in [-0.15, -0.1) is 0 Å². The summed E-state index contributed by atoms with van der Waals surface area (Å²) in [6.07, 6.45) is 6.73. The van der Waals surface area contributed by atoms with Crippen molar-refractivity contribution in [3.8, 4) is 0 Å². The Balaban J connectivity index is 1.67. The molecule has 1 saturated heterocycles. The van der Waals surface area contributed by atoms with Crippen molar-refractivity contribution in [2.75, 3.05) is 13.2 Å². The van der Waals surface area contributed by atoms with Gasteiger partial charge in [-0.3, -0.25) is 9.59 Å². The van der Waals surface area contributed by atoms with E-state index in [1.54, 1.807) is 0 Å². The maximum atomic E-state index is 12.9.